The Morgan fingerprint density at radius 3 is 2.35 bits per heavy atom. The first kappa shape index (κ1) is 37.7. The third-order valence-corrected chi connectivity index (χ3v) is 11.1. The lowest BCUT2D eigenvalue weighted by molar-refractivity contribution is -0.137. The zero-order valence-electron chi connectivity index (χ0n) is 28.4. The van der Waals surface area contributed by atoms with E-state index in [1.165, 1.54) is 32.5 Å². The average molecular weight is 736 g/mol. The molecule has 274 valence electrons. The van der Waals surface area contributed by atoms with Crippen molar-refractivity contribution in [3.05, 3.63) is 102 Å². The number of aliphatic hydroxyl groups excluding tert-OH is 1. The molecule has 1 aliphatic heterocycles. The van der Waals surface area contributed by atoms with E-state index in [2.05, 4.69) is 9.97 Å². The van der Waals surface area contributed by atoms with Gasteiger partial charge in [0, 0.05) is 42.7 Å². The zero-order valence-corrected chi connectivity index (χ0v) is 29.2. The van der Waals surface area contributed by atoms with Crippen molar-refractivity contribution in [2.75, 3.05) is 50.6 Å². The molecule has 1 aromatic heterocycles. The summed E-state index contributed by atoms with van der Waals surface area (Å²) in [6.07, 6.45) is -2.45. The predicted octanol–water partition coefficient (Wildman–Crippen LogP) is 5.69. The molecule has 16 heteroatoms. The van der Waals surface area contributed by atoms with Gasteiger partial charge >= 0.3 is 6.18 Å². The molecule has 1 fully saturated rings. The Balaban J connectivity index is 1.47. The summed E-state index contributed by atoms with van der Waals surface area (Å²) in [5.41, 5.74) is -0.998. The van der Waals surface area contributed by atoms with Gasteiger partial charge in [-0.3, -0.25) is 4.90 Å². The first-order valence-electron chi connectivity index (χ1n) is 15.9. The molecule has 0 radical (unpaired) electrons. The van der Waals surface area contributed by atoms with Crippen molar-refractivity contribution in [3.63, 3.8) is 0 Å². The van der Waals surface area contributed by atoms with Crippen LogP contribution in [0.25, 0.3) is 0 Å². The van der Waals surface area contributed by atoms with Gasteiger partial charge in [0.05, 0.1) is 38.0 Å². The summed E-state index contributed by atoms with van der Waals surface area (Å²) in [6.45, 7) is -0.181. The lowest BCUT2D eigenvalue weighted by atomic mass is 9.79. The average Bonchev–Trinajstić information content (AvgIpc) is 3.09. The summed E-state index contributed by atoms with van der Waals surface area (Å²) in [5.74, 6) is -2.14. The Kier molecular flexibility index (Phi) is 11.1. The third-order valence-electron chi connectivity index (χ3n) is 9.28. The number of ether oxygens (including phenoxy) is 2. The molecule has 0 amide bonds. The minimum Gasteiger partial charge on any atom is -0.497 e. The summed E-state index contributed by atoms with van der Waals surface area (Å²) in [6, 6.07) is 12.8. The second-order valence-electron chi connectivity index (χ2n) is 12.4. The van der Waals surface area contributed by atoms with E-state index in [1.54, 1.807) is 48.2 Å². The maximum Gasteiger partial charge on any atom is 0.416 e. The van der Waals surface area contributed by atoms with Crippen molar-refractivity contribution >= 4 is 21.5 Å². The highest BCUT2D eigenvalue weighted by atomic mass is 32.2. The van der Waals surface area contributed by atoms with Gasteiger partial charge in [-0.1, -0.05) is 18.2 Å². The number of hydrogen-bond donors (Lipinski definition) is 1. The third kappa shape index (κ3) is 7.87. The number of rotatable bonds is 12. The quantitative estimate of drug-likeness (QED) is 0.184. The maximum atomic E-state index is 16.1. The molecule has 2 heterocycles. The van der Waals surface area contributed by atoms with E-state index in [-0.39, 0.29) is 49.6 Å². The van der Waals surface area contributed by atoms with Gasteiger partial charge in [-0.25, -0.2) is 31.5 Å². The van der Waals surface area contributed by atoms with Crippen LogP contribution < -0.4 is 18.7 Å². The van der Waals surface area contributed by atoms with Crippen LogP contribution in [-0.4, -0.2) is 81.4 Å². The van der Waals surface area contributed by atoms with Crippen LogP contribution in [0.3, 0.4) is 0 Å². The van der Waals surface area contributed by atoms with Crippen LogP contribution in [0.15, 0.2) is 78.1 Å². The largest absolute Gasteiger partial charge is 0.497 e. The van der Waals surface area contributed by atoms with Gasteiger partial charge in [0.25, 0.3) is 10.0 Å². The van der Waals surface area contributed by atoms with Crippen molar-refractivity contribution in [3.8, 4) is 11.5 Å². The summed E-state index contributed by atoms with van der Waals surface area (Å²) in [5, 5.41) is 11.2. The molecule has 1 N–H and O–H groups in total. The van der Waals surface area contributed by atoms with Gasteiger partial charge in [-0.2, -0.15) is 13.2 Å². The van der Waals surface area contributed by atoms with E-state index >= 15 is 8.78 Å². The number of aryl methyl sites for hydroxylation is 1. The molecule has 5 rings (SSSR count). The highest BCUT2D eigenvalue weighted by Gasteiger charge is 2.45. The zero-order chi connectivity index (χ0) is 37.1. The molecule has 0 spiro atoms. The van der Waals surface area contributed by atoms with E-state index in [0.717, 1.165) is 34.9 Å². The topological polar surface area (TPSA) is 108 Å². The number of sulfonamides is 1. The van der Waals surface area contributed by atoms with Gasteiger partial charge in [-0.15, -0.1) is 0 Å². The van der Waals surface area contributed by atoms with E-state index in [1.807, 2.05) is 0 Å². The Hall–Kier alpha value is -4.54. The van der Waals surface area contributed by atoms with Gasteiger partial charge in [0.2, 0.25) is 0 Å². The van der Waals surface area contributed by atoms with E-state index in [4.69, 9.17) is 9.47 Å². The highest BCUT2D eigenvalue weighted by molar-refractivity contribution is 7.92. The first-order chi connectivity index (χ1) is 24.1. The Bertz CT molecular complexity index is 1930. The highest BCUT2D eigenvalue weighted by Crippen LogP contribution is 2.38. The number of methoxy groups -OCH3 is 2. The number of aliphatic hydroxyl groups is 1. The number of benzene rings is 3. The van der Waals surface area contributed by atoms with Gasteiger partial charge in [-0.05, 0) is 69.3 Å². The fourth-order valence-corrected chi connectivity index (χ4v) is 7.89. The second-order valence-corrected chi connectivity index (χ2v) is 14.2. The standard InChI is InChI=1S/C35H38F5N5O5S/c1-43(2)34(13-10-23-6-5-7-25(16-23)35(38,39)40)21-44(15-12-31(34)46)26-17-28(36)33(29(37)18-26)51(47,48)45(32-11-14-41-22-42-32)20-24-8-9-27(49-3)19-30(24)50-4/h5-9,11,14,16-19,22,31,46H,10,12-13,15,20-21H2,1-4H3/t31-,34-/m0/s1. The fraction of sp³-hybridized carbons (Fsp3) is 0.371. The number of alkyl halides is 3. The molecule has 1 saturated heterocycles. The van der Waals surface area contributed by atoms with Crippen molar-refractivity contribution in [1.29, 1.82) is 0 Å². The van der Waals surface area contributed by atoms with Crippen LogP contribution in [-0.2, 0) is 29.2 Å². The monoisotopic (exact) mass is 735 g/mol. The van der Waals surface area contributed by atoms with Crippen molar-refractivity contribution in [2.24, 2.45) is 0 Å². The normalized spacial score (nSPS) is 18.2. The number of piperidine rings is 1. The lowest BCUT2D eigenvalue weighted by Gasteiger charge is -2.51. The molecule has 0 unspecified atom stereocenters. The predicted molar refractivity (Wildman–Crippen MR) is 180 cm³/mol. The molecular weight excluding hydrogens is 697 g/mol. The number of likely N-dealkylation sites (N-methyl/N-ethyl adjacent to an activating group) is 1. The maximum absolute atomic E-state index is 16.1. The second kappa shape index (κ2) is 15.0. The summed E-state index contributed by atoms with van der Waals surface area (Å²) >= 11 is 0. The Morgan fingerprint density at radius 2 is 1.75 bits per heavy atom. The van der Waals surface area contributed by atoms with E-state index in [0.29, 0.717) is 16.9 Å². The SMILES string of the molecule is COc1ccc(CN(c2ccncn2)S(=O)(=O)c2c(F)cc(N3CC[C@H](O)[C@@](CCc4cccc(C(F)(F)F)c4)(N(C)C)C3)cc2F)c(OC)c1. The molecule has 1 aliphatic rings. The van der Waals surface area contributed by atoms with E-state index < -0.39 is 56.5 Å². The summed E-state index contributed by atoms with van der Waals surface area (Å²) in [4.78, 5) is 10.1. The van der Waals surface area contributed by atoms with Crippen molar-refractivity contribution in [1.82, 2.24) is 14.9 Å². The first-order valence-corrected chi connectivity index (χ1v) is 17.3. The van der Waals surface area contributed by atoms with Crippen LogP contribution >= 0.6 is 0 Å². The molecule has 4 aromatic rings. The smallest absolute Gasteiger partial charge is 0.416 e. The number of anilines is 2. The molecule has 0 aliphatic carbocycles. The number of aromatic nitrogens is 2. The molecule has 0 bridgehead atoms. The lowest BCUT2D eigenvalue weighted by Crippen LogP contribution is -2.64. The Morgan fingerprint density at radius 1 is 1.02 bits per heavy atom. The minimum atomic E-state index is -4.94. The van der Waals surface area contributed by atoms with Gasteiger partial charge in [0.15, 0.2) is 4.90 Å². The van der Waals surface area contributed by atoms with Crippen molar-refractivity contribution < 1.29 is 45.0 Å². The molecule has 10 nitrogen and oxygen atoms in total. The molecular formula is C35H38F5N5O5S. The van der Waals surface area contributed by atoms with Crippen LogP contribution in [0.4, 0.5) is 33.5 Å². The number of nitrogens with zero attached hydrogens (tertiary/aromatic N) is 5. The fourth-order valence-electron chi connectivity index (χ4n) is 6.40. The minimum absolute atomic E-state index is 0.0338. The van der Waals surface area contributed by atoms with Gasteiger partial charge < -0.3 is 19.5 Å². The summed E-state index contributed by atoms with van der Waals surface area (Å²) in [7, 11) is 1.33. The van der Waals surface area contributed by atoms with Gasteiger partial charge in [0.1, 0.15) is 35.3 Å². The van der Waals surface area contributed by atoms with Crippen molar-refractivity contribution in [2.45, 2.75) is 48.5 Å². The van der Waals surface area contributed by atoms with Crippen LogP contribution in [0.1, 0.15) is 29.5 Å². The number of halogens is 5. The molecule has 0 saturated carbocycles. The molecule has 3 aromatic carbocycles. The van der Waals surface area contributed by atoms with Crippen LogP contribution in [0.5, 0.6) is 11.5 Å². The summed E-state index contributed by atoms with van der Waals surface area (Å²) < 4.78 is 112. The van der Waals surface area contributed by atoms with E-state index in [9.17, 15) is 26.7 Å². The van der Waals surface area contributed by atoms with Crippen LogP contribution in [0, 0.1) is 11.6 Å². The van der Waals surface area contributed by atoms with Crippen LogP contribution in [0.2, 0.25) is 0 Å². The number of hydrogen-bond acceptors (Lipinski definition) is 9. The Labute approximate surface area is 293 Å². The molecule has 51 heavy (non-hydrogen) atoms. The molecule has 2 atom stereocenters.